The maximum absolute atomic E-state index is 12.6. The molecule has 0 bridgehead atoms. The van der Waals surface area contributed by atoms with Crippen LogP contribution in [0.5, 0.6) is 6.01 Å². The van der Waals surface area contributed by atoms with Crippen LogP contribution in [-0.2, 0) is 0 Å². The third-order valence-electron chi connectivity index (χ3n) is 3.92. The van der Waals surface area contributed by atoms with Gasteiger partial charge in [-0.2, -0.15) is 4.98 Å². The molecule has 2 aromatic rings. The number of piperazine rings is 1. The first-order chi connectivity index (χ1) is 11.2. The first-order valence-corrected chi connectivity index (χ1v) is 7.66. The zero-order valence-corrected chi connectivity index (χ0v) is 13.4. The van der Waals surface area contributed by atoms with Crippen LogP contribution < -0.4 is 9.64 Å². The molecule has 1 saturated heterocycles. The molecule has 6 nitrogen and oxygen atoms in total. The van der Waals surface area contributed by atoms with E-state index in [1.165, 1.54) is 12.8 Å². The Hall–Kier alpha value is -2.63. The normalized spacial score (nSPS) is 14.7. The highest BCUT2D eigenvalue weighted by molar-refractivity contribution is 5.92. The van der Waals surface area contributed by atoms with E-state index in [0.29, 0.717) is 18.8 Å². The van der Waals surface area contributed by atoms with Gasteiger partial charge in [0, 0.05) is 37.6 Å². The monoisotopic (exact) mass is 312 g/mol. The first-order valence-electron chi connectivity index (χ1n) is 7.66. The SMILES string of the molecule is COc1nc(C)cc(C(=O)N2CCN(c3ccccc3)CC2)n1. The summed E-state index contributed by atoms with van der Waals surface area (Å²) in [4.78, 5) is 25.0. The molecule has 120 valence electrons. The summed E-state index contributed by atoms with van der Waals surface area (Å²) < 4.78 is 5.05. The van der Waals surface area contributed by atoms with Gasteiger partial charge >= 0.3 is 6.01 Å². The zero-order valence-electron chi connectivity index (χ0n) is 13.4. The summed E-state index contributed by atoms with van der Waals surface area (Å²) in [5.41, 5.74) is 2.31. The number of rotatable bonds is 3. The Kier molecular flexibility index (Phi) is 4.41. The van der Waals surface area contributed by atoms with Crippen LogP contribution in [0.3, 0.4) is 0 Å². The van der Waals surface area contributed by atoms with Gasteiger partial charge in [0.2, 0.25) is 0 Å². The lowest BCUT2D eigenvalue weighted by molar-refractivity contribution is 0.0739. The van der Waals surface area contributed by atoms with Crippen molar-refractivity contribution >= 4 is 11.6 Å². The van der Waals surface area contributed by atoms with Gasteiger partial charge in [-0.15, -0.1) is 0 Å². The van der Waals surface area contributed by atoms with E-state index in [2.05, 4.69) is 27.0 Å². The molecule has 0 aliphatic carbocycles. The fraction of sp³-hybridized carbons (Fsp3) is 0.353. The molecule has 0 unspecified atom stereocenters. The van der Waals surface area contributed by atoms with Crippen molar-refractivity contribution in [3.8, 4) is 6.01 Å². The summed E-state index contributed by atoms with van der Waals surface area (Å²) in [7, 11) is 1.50. The highest BCUT2D eigenvalue weighted by Crippen LogP contribution is 2.17. The molecule has 1 aromatic carbocycles. The van der Waals surface area contributed by atoms with Gasteiger partial charge in [-0.1, -0.05) is 18.2 Å². The molecule has 1 aliphatic rings. The summed E-state index contributed by atoms with van der Waals surface area (Å²) in [6, 6.07) is 12.2. The number of para-hydroxylation sites is 1. The third kappa shape index (κ3) is 3.41. The first kappa shape index (κ1) is 15.3. The number of nitrogens with zero attached hydrogens (tertiary/aromatic N) is 4. The van der Waals surface area contributed by atoms with Gasteiger partial charge in [0.25, 0.3) is 5.91 Å². The summed E-state index contributed by atoms with van der Waals surface area (Å²) in [6.45, 7) is 4.82. The van der Waals surface area contributed by atoms with Crippen LogP contribution in [-0.4, -0.2) is 54.1 Å². The lowest BCUT2D eigenvalue weighted by Gasteiger charge is -2.36. The van der Waals surface area contributed by atoms with Crippen molar-refractivity contribution in [2.45, 2.75) is 6.92 Å². The average Bonchev–Trinajstić information content (AvgIpc) is 2.61. The Labute approximate surface area is 135 Å². The second kappa shape index (κ2) is 6.64. The summed E-state index contributed by atoms with van der Waals surface area (Å²) in [5, 5.41) is 0. The predicted molar refractivity (Wildman–Crippen MR) is 87.9 cm³/mol. The van der Waals surface area contributed by atoms with Crippen LogP contribution in [0.15, 0.2) is 36.4 Å². The highest BCUT2D eigenvalue weighted by Gasteiger charge is 2.23. The van der Waals surface area contributed by atoms with Gasteiger partial charge in [-0.05, 0) is 25.1 Å². The number of amides is 1. The quantitative estimate of drug-likeness (QED) is 0.864. The van der Waals surface area contributed by atoms with Crippen LogP contribution in [0, 0.1) is 6.92 Å². The van der Waals surface area contributed by atoms with E-state index in [1.54, 1.807) is 6.07 Å². The van der Waals surface area contributed by atoms with Gasteiger partial charge in [0.05, 0.1) is 7.11 Å². The number of benzene rings is 1. The fourth-order valence-electron chi connectivity index (χ4n) is 2.71. The van der Waals surface area contributed by atoms with Crippen molar-refractivity contribution in [3.05, 3.63) is 47.8 Å². The predicted octanol–water partition coefficient (Wildman–Crippen LogP) is 1.76. The smallest absolute Gasteiger partial charge is 0.317 e. The van der Waals surface area contributed by atoms with Gasteiger partial charge < -0.3 is 14.5 Å². The highest BCUT2D eigenvalue weighted by atomic mass is 16.5. The molecule has 1 aliphatic heterocycles. The molecular weight excluding hydrogens is 292 g/mol. The van der Waals surface area contributed by atoms with Crippen molar-refractivity contribution in [1.82, 2.24) is 14.9 Å². The molecule has 0 spiro atoms. The van der Waals surface area contributed by atoms with Gasteiger partial charge in [-0.25, -0.2) is 4.98 Å². The van der Waals surface area contributed by atoms with Gasteiger partial charge in [-0.3, -0.25) is 4.79 Å². The van der Waals surface area contributed by atoms with E-state index in [-0.39, 0.29) is 11.9 Å². The van der Waals surface area contributed by atoms with E-state index < -0.39 is 0 Å². The number of carbonyl (C=O) groups excluding carboxylic acids is 1. The van der Waals surface area contributed by atoms with Crippen LogP contribution in [0.1, 0.15) is 16.2 Å². The molecule has 1 amide bonds. The topological polar surface area (TPSA) is 58.6 Å². The standard InChI is InChI=1S/C17H20N4O2/c1-13-12-15(19-17(18-13)23-2)16(22)21-10-8-20(9-11-21)14-6-4-3-5-7-14/h3-7,12H,8-11H2,1-2H3. The second-order valence-corrected chi connectivity index (χ2v) is 5.50. The van der Waals surface area contributed by atoms with Crippen LogP contribution >= 0.6 is 0 Å². The molecule has 23 heavy (non-hydrogen) atoms. The molecule has 0 atom stereocenters. The number of aryl methyl sites for hydroxylation is 1. The molecule has 1 fully saturated rings. The maximum Gasteiger partial charge on any atom is 0.317 e. The summed E-state index contributed by atoms with van der Waals surface area (Å²) in [6.07, 6.45) is 0. The number of carbonyl (C=O) groups is 1. The van der Waals surface area contributed by atoms with E-state index in [1.807, 2.05) is 30.0 Å². The Balaban J connectivity index is 1.68. The molecule has 0 saturated carbocycles. The van der Waals surface area contributed by atoms with Crippen LogP contribution in [0.4, 0.5) is 5.69 Å². The van der Waals surface area contributed by atoms with Crippen molar-refractivity contribution in [2.75, 3.05) is 38.2 Å². The number of ether oxygens (including phenoxy) is 1. The van der Waals surface area contributed by atoms with Crippen molar-refractivity contribution in [1.29, 1.82) is 0 Å². The second-order valence-electron chi connectivity index (χ2n) is 5.50. The van der Waals surface area contributed by atoms with Crippen molar-refractivity contribution < 1.29 is 9.53 Å². The molecule has 1 aromatic heterocycles. The summed E-state index contributed by atoms with van der Waals surface area (Å²) >= 11 is 0. The van der Waals surface area contributed by atoms with Crippen LogP contribution in [0.2, 0.25) is 0 Å². The lowest BCUT2D eigenvalue weighted by Crippen LogP contribution is -2.49. The third-order valence-corrected chi connectivity index (χ3v) is 3.92. The largest absolute Gasteiger partial charge is 0.467 e. The zero-order chi connectivity index (χ0) is 16.2. The van der Waals surface area contributed by atoms with Crippen LogP contribution in [0.25, 0.3) is 0 Å². The van der Waals surface area contributed by atoms with E-state index in [9.17, 15) is 4.79 Å². The lowest BCUT2D eigenvalue weighted by atomic mass is 10.2. The number of aromatic nitrogens is 2. The number of methoxy groups -OCH3 is 1. The van der Waals surface area contributed by atoms with E-state index in [4.69, 9.17) is 4.74 Å². The molecule has 0 N–H and O–H groups in total. The number of hydrogen-bond donors (Lipinski definition) is 0. The molecule has 6 heteroatoms. The van der Waals surface area contributed by atoms with Gasteiger partial charge in [0.15, 0.2) is 0 Å². The van der Waals surface area contributed by atoms with Gasteiger partial charge in [0.1, 0.15) is 5.69 Å². The molecule has 3 rings (SSSR count). The minimum Gasteiger partial charge on any atom is -0.467 e. The number of anilines is 1. The Morgan fingerprint density at radius 3 is 2.43 bits per heavy atom. The fourth-order valence-corrected chi connectivity index (χ4v) is 2.71. The number of hydrogen-bond acceptors (Lipinski definition) is 5. The van der Waals surface area contributed by atoms with E-state index >= 15 is 0 Å². The maximum atomic E-state index is 12.6. The van der Waals surface area contributed by atoms with E-state index in [0.717, 1.165) is 18.8 Å². The average molecular weight is 312 g/mol. The molecule has 0 radical (unpaired) electrons. The summed E-state index contributed by atoms with van der Waals surface area (Å²) in [5.74, 6) is -0.0680. The minimum absolute atomic E-state index is 0.0680. The minimum atomic E-state index is -0.0680. The van der Waals surface area contributed by atoms with Crippen molar-refractivity contribution in [3.63, 3.8) is 0 Å². The van der Waals surface area contributed by atoms with Crippen molar-refractivity contribution in [2.24, 2.45) is 0 Å². The Bertz CT molecular complexity index is 682. The Morgan fingerprint density at radius 2 is 1.78 bits per heavy atom. The molecular formula is C17H20N4O2. The Morgan fingerprint density at radius 1 is 1.09 bits per heavy atom. The molecule has 2 heterocycles.